The summed E-state index contributed by atoms with van der Waals surface area (Å²) in [7, 11) is 1.90. The van der Waals surface area contributed by atoms with E-state index >= 15 is 0 Å². The fourth-order valence-electron chi connectivity index (χ4n) is 2.02. The molecule has 0 aliphatic heterocycles. The van der Waals surface area contributed by atoms with Crippen molar-refractivity contribution in [3.63, 3.8) is 0 Å². The van der Waals surface area contributed by atoms with Gasteiger partial charge in [-0.15, -0.1) is 0 Å². The molecular weight excluding hydrogens is 227 g/mol. The van der Waals surface area contributed by atoms with Gasteiger partial charge in [0.05, 0.1) is 0 Å². The largest absolute Gasteiger partial charge is 0.313 e. The minimum atomic E-state index is -0.216. The monoisotopic (exact) mass is 244 g/mol. The van der Waals surface area contributed by atoms with Gasteiger partial charge in [0.2, 0.25) is 0 Å². The van der Waals surface area contributed by atoms with Crippen molar-refractivity contribution in [2.45, 2.75) is 19.9 Å². The molecule has 0 bridgehead atoms. The van der Waals surface area contributed by atoms with E-state index in [2.05, 4.69) is 17.2 Å². The van der Waals surface area contributed by atoms with E-state index in [1.165, 1.54) is 6.07 Å². The van der Waals surface area contributed by atoms with Gasteiger partial charge >= 0.3 is 0 Å². The molecule has 2 aromatic rings. The van der Waals surface area contributed by atoms with E-state index in [1.54, 1.807) is 12.3 Å². The number of aromatic nitrogens is 1. The molecule has 0 amide bonds. The van der Waals surface area contributed by atoms with Gasteiger partial charge in [0.1, 0.15) is 5.82 Å². The number of pyridine rings is 1. The van der Waals surface area contributed by atoms with Crippen LogP contribution >= 0.6 is 0 Å². The number of nitrogens with zero attached hydrogens (tertiary/aromatic N) is 1. The van der Waals surface area contributed by atoms with Gasteiger partial charge in [-0.1, -0.05) is 6.07 Å². The average Bonchev–Trinajstić information content (AvgIpc) is 2.38. The standard InChI is InChI=1S/C15H17FN2/c1-10-8-12(6-7-18-10)15-9-13(16)4-5-14(15)11(2)17-3/h4-9,11,17H,1-3H3. The highest BCUT2D eigenvalue weighted by molar-refractivity contribution is 5.68. The minimum absolute atomic E-state index is 0.175. The maximum absolute atomic E-state index is 13.5. The van der Waals surface area contributed by atoms with Crippen molar-refractivity contribution < 1.29 is 4.39 Å². The third-order valence-electron chi connectivity index (χ3n) is 3.12. The van der Waals surface area contributed by atoms with Crippen molar-refractivity contribution in [2.75, 3.05) is 7.05 Å². The van der Waals surface area contributed by atoms with E-state index < -0.39 is 0 Å². The van der Waals surface area contributed by atoms with Gasteiger partial charge in [0.15, 0.2) is 0 Å². The summed E-state index contributed by atoms with van der Waals surface area (Å²) in [5.74, 6) is -0.216. The molecule has 0 spiro atoms. The van der Waals surface area contributed by atoms with Crippen molar-refractivity contribution in [3.05, 3.63) is 53.6 Å². The predicted octanol–water partition coefficient (Wildman–Crippen LogP) is 3.48. The van der Waals surface area contributed by atoms with Gasteiger partial charge in [-0.2, -0.15) is 0 Å². The van der Waals surface area contributed by atoms with Crippen LogP contribution in [-0.4, -0.2) is 12.0 Å². The molecule has 94 valence electrons. The first-order valence-corrected chi connectivity index (χ1v) is 6.01. The molecule has 0 saturated carbocycles. The maximum Gasteiger partial charge on any atom is 0.123 e. The minimum Gasteiger partial charge on any atom is -0.313 e. The second-order valence-electron chi connectivity index (χ2n) is 4.43. The van der Waals surface area contributed by atoms with Crippen molar-refractivity contribution in [1.82, 2.24) is 10.3 Å². The Labute approximate surface area is 107 Å². The molecular formula is C15H17FN2. The number of hydrogen-bond acceptors (Lipinski definition) is 2. The normalized spacial score (nSPS) is 12.4. The fourth-order valence-corrected chi connectivity index (χ4v) is 2.02. The van der Waals surface area contributed by atoms with Gasteiger partial charge in [-0.3, -0.25) is 4.98 Å². The third kappa shape index (κ3) is 2.57. The lowest BCUT2D eigenvalue weighted by Crippen LogP contribution is -2.13. The van der Waals surface area contributed by atoms with Gasteiger partial charge < -0.3 is 5.32 Å². The number of aryl methyl sites for hydroxylation is 1. The molecule has 0 saturated heterocycles. The van der Waals surface area contributed by atoms with Crippen molar-refractivity contribution >= 4 is 0 Å². The smallest absolute Gasteiger partial charge is 0.123 e. The van der Waals surface area contributed by atoms with Crippen LogP contribution in [0.4, 0.5) is 4.39 Å². The molecule has 1 atom stereocenters. The number of rotatable bonds is 3. The zero-order chi connectivity index (χ0) is 13.1. The maximum atomic E-state index is 13.5. The lowest BCUT2D eigenvalue weighted by atomic mass is 9.95. The SMILES string of the molecule is CNC(C)c1ccc(F)cc1-c1ccnc(C)c1. The topological polar surface area (TPSA) is 24.9 Å². The highest BCUT2D eigenvalue weighted by Gasteiger charge is 2.11. The molecule has 0 aliphatic rings. The first kappa shape index (κ1) is 12.7. The second-order valence-corrected chi connectivity index (χ2v) is 4.43. The van der Waals surface area contributed by atoms with Crippen LogP contribution in [-0.2, 0) is 0 Å². The van der Waals surface area contributed by atoms with E-state index in [-0.39, 0.29) is 11.9 Å². The van der Waals surface area contributed by atoms with Gasteiger partial charge in [-0.25, -0.2) is 4.39 Å². The van der Waals surface area contributed by atoms with Crippen molar-refractivity contribution in [3.8, 4) is 11.1 Å². The highest BCUT2D eigenvalue weighted by atomic mass is 19.1. The van der Waals surface area contributed by atoms with E-state index in [4.69, 9.17) is 0 Å². The Bertz CT molecular complexity index is 552. The second kappa shape index (κ2) is 5.27. The Hall–Kier alpha value is -1.74. The van der Waals surface area contributed by atoms with Gasteiger partial charge in [0.25, 0.3) is 0 Å². The van der Waals surface area contributed by atoms with Crippen LogP contribution in [0.5, 0.6) is 0 Å². The van der Waals surface area contributed by atoms with Crippen LogP contribution in [0.2, 0.25) is 0 Å². The summed E-state index contributed by atoms with van der Waals surface area (Å²) >= 11 is 0. The van der Waals surface area contributed by atoms with Crippen molar-refractivity contribution in [2.24, 2.45) is 0 Å². The molecule has 0 radical (unpaired) electrons. The van der Waals surface area contributed by atoms with Crippen LogP contribution in [0.3, 0.4) is 0 Å². The van der Waals surface area contributed by atoms with Crippen LogP contribution < -0.4 is 5.32 Å². The molecule has 1 N–H and O–H groups in total. The predicted molar refractivity (Wildman–Crippen MR) is 71.8 cm³/mol. The Morgan fingerprint density at radius 3 is 2.67 bits per heavy atom. The van der Waals surface area contributed by atoms with Crippen molar-refractivity contribution in [1.29, 1.82) is 0 Å². The molecule has 1 unspecified atom stereocenters. The summed E-state index contributed by atoms with van der Waals surface area (Å²) in [5, 5.41) is 3.19. The highest BCUT2D eigenvalue weighted by Crippen LogP contribution is 2.29. The molecule has 3 heteroatoms. The Kier molecular flexibility index (Phi) is 3.72. The van der Waals surface area contributed by atoms with E-state index in [0.29, 0.717) is 0 Å². The summed E-state index contributed by atoms with van der Waals surface area (Å²) in [6, 6.07) is 8.98. The average molecular weight is 244 g/mol. The molecule has 2 nitrogen and oxygen atoms in total. The zero-order valence-electron chi connectivity index (χ0n) is 10.9. The first-order valence-electron chi connectivity index (χ1n) is 6.01. The van der Waals surface area contributed by atoms with Gasteiger partial charge in [0, 0.05) is 17.9 Å². The number of halogens is 1. The van der Waals surface area contributed by atoms with E-state index in [1.807, 2.05) is 32.2 Å². The quantitative estimate of drug-likeness (QED) is 0.894. The molecule has 1 aromatic carbocycles. The summed E-state index contributed by atoms with van der Waals surface area (Å²) in [6.07, 6.45) is 1.75. The molecule has 1 aromatic heterocycles. The molecule has 0 fully saturated rings. The molecule has 1 heterocycles. The van der Waals surface area contributed by atoms with Gasteiger partial charge in [-0.05, 0) is 61.9 Å². The fraction of sp³-hybridized carbons (Fsp3) is 0.267. The lowest BCUT2D eigenvalue weighted by Gasteiger charge is -2.16. The number of hydrogen-bond donors (Lipinski definition) is 1. The summed E-state index contributed by atoms with van der Waals surface area (Å²) < 4.78 is 13.5. The van der Waals surface area contributed by atoms with Crippen LogP contribution in [0.15, 0.2) is 36.5 Å². The number of nitrogens with one attached hydrogen (secondary N) is 1. The number of benzene rings is 1. The molecule has 18 heavy (non-hydrogen) atoms. The summed E-state index contributed by atoms with van der Waals surface area (Å²) in [6.45, 7) is 3.99. The first-order chi connectivity index (χ1) is 8.61. The summed E-state index contributed by atoms with van der Waals surface area (Å²) in [4.78, 5) is 4.17. The lowest BCUT2D eigenvalue weighted by molar-refractivity contribution is 0.620. The van der Waals surface area contributed by atoms with Crippen LogP contribution in [0, 0.1) is 12.7 Å². The Morgan fingerprint density at radius 1 is 1.22 bits per heavy atom. The molecule has 2 rings (SSSR count). The van der Waals surface area contributed by atoms with Crippen LogP contribution in [0.1, 0.15) is 24.2 Å². The Balaban J connectivity index is 2.58. The third-order valence-corrected chi connectivity index (χ3v) is 3.12. The van der Waals surface area contributed by atoms with E-state index in [9.17, 15) is 4.39 Å². The van der Waals surface area contributed by atoms with Crippen LogP contribution in [0.25, 0.3) is 11.1 Å². The Morgan fingerprint density at radius 2 is 2.00 bits per heavy atom. The van der Waals surface area contributed by atoms with E-state index in [0.717, 1.165) is 22.4 Å². The molecule has 0 aliphatic carbocycles. The zero-order valence-corrected chi connectivity index (χ0v) is 10.9. The summed E-state index contributed by atoms with van der Waals surface area (Å²) in [5.41, 5.74) is 3.94.